The number of benzene rings is 1. The van der Waals surface area contributed by atoms with Crippen molar-refractivity contribution >= 4 is 0 Å². The van der Waals surface area contributed by atoms with Crippen LogP contribution in [-0.2, 0) is 4.74 Å². The van der Waals surface area contributed by atoms with E-state index in [9.17, 15) is 0 Å². The topological polar surface area (TPSA) is 21.3 Å². The van der Waals surface area contributed by atoms with Crippen LogP contribution < -0.4 is 5.32 Å². The monoisotopic (exact) mass is 289 g/mol. The van der Waals surface area contributed by atoms with Crippen LogP contribution in [0.4, 0.5) is 0 Å². The fraction of sp³-hybridized carbons (Fsp3) is 0.684. The molecule has 1 aromatic rings. The van der Waals surface area contributed by atoms with Crippen molar-refractivity contribution in [2.75, 3.05) is 13.7 Å². The number of hydrogen-bond acceptors (Lipinski definition) is 2. The van der Waals surface area contributed by atoms with Crippen molar-refractivity contribution in [1.29, 1.82) is 0 Å². The highest BCUT2D eigenvalue weighted by Crippen LogP contribution is 2.35. The average molecular weight is 289 g/mol. The molecule has 2 atom stereocenters. The van der Waals surface area contributed by atoms with Crippen LogP contribution in [0.1, 0.15) is 61.8 Å². The third-order valence-electron chi connectivity index (χ3n) is 4.91. The van der Waals surface area contributed by atoms with E-state index in [-0.39, 0.29) is 6.10 Å². The van der Waals surface area contributed by atoms with E-state index in [1.54, 1.807) is 0 Å². The van der Waals surface area contributed by atoms with Crippen molar-refractivity contribution in [3.63, 3.8) is 0 Å². The molecule has 1 aliphatic rings. The maximum absolute atomic E-state index is 5.99. The summed E-state index contributed by atoms with van der Waals surface area (Å²) < 4.78 is 5.99. The molecule has 0 amide bonds. The number of rotatable bonds is 6. The van der Waals surface area contributed by atoms with Crippen LogP contribution in [0, 0.1) is 19.8 Å². The van der Waals surface area contributed by atoms with Gasteiger partial charge in [0.25, 0.3) is 0 Å². The summed E-state index contributed by atoms with van der Waals surface area (Å²) in [6, 6.07) is 7.08. The van der Waals surface area contributed by atoms with Crippen LogP contribution >= 0.6 is 0 Å². The Balaban J connectivity index is 2.28. The molecule has 1 fully saturated rings. The molecule has 118 valence electrons. The standard InChI is InChI=1S/C19H31NO/c1-5-20-18(17-13-14(2)11-12-15(17)3)19(21-4)16-9-7-6-8-10-16/h11-13,16,18-20H,5-10H2,1-4H3. The Morgan fingerprint density at radius 1 is 1.19 bits per heavy atom. The van der Waals surface area contributed by atoms with Crippen molar-refractivity contribution in [2.45, 2.75) is 65.0 Å². The zero-order chi connectivity index (χ0) is 15.2. The Kier molecular flexibility index (Phi) is 6.25. The van der Waals surface area contributed by atoms with Gasteiger partial charge >= 0.3 is 0 Å². The molecule has 1 saturated carbocycles. The Hall–Kier alpha value is -0.860. The minimum absolute atomic E-state index is 0.283. The first-order chi connectivity index (χ1) is 10.2. The lowest BCUT2D eigenvalue weighted by molar-refractivity contribution is 0.00776. The fourth-order valence-corrected chi connectivity index (χ4v) is 3.78. The van der Waals surface area contributed by atoms with Crippen LogP contribution in [0.5, 0.6) is 0 Å². The zero-order valence-electron chi connectivity index (χ0n) is 14.1. The average Bonchev–Trinajstić information content (AvgIpc) is 2.51. The van der Waals surface area contributed by atoms with Gasteiger partial charge in [-0.3, -0.25) is 0 Å². The minimum atomic E-state index is 0.283. The van der Waals surface area contributed by atoms with Gasteiger partial charge < -0.3 is 10.1 Å². The van der Waals surface area contributed by atoms with Gasteiger partial charge in [-0.2, -0.15) is 0 Å². The molecule has 0 aromatic heterocycles. The second-order valence-electron chi connectivity index (χ2n) is 6.49. The Morgan fingerprint density at radius 2 is 1.90 bits per heavy atom. The summed E-state index contributed by atoms with van der Waals surface area (Å²) in [5.74, 6) is 0.688. The van der Waals surface area contributed by atoms with Crippen LogP contribution in [0.15, 0.2) is 18.2 Å². The highest BCUT2D eigenvalue weighted by Gasteiger charge is 2.31. The maximum atomic E-state index is 5.99. The van der Waals surface area contributed by atoms with Crippen molar-refractivity contribution < 1.29 is 4.74 Å². The lowest BCUT2D eigenvalue weighted by Crippen LogP contribution is -2.39. The smallest absolute Gasteiger partial charge is 0.0794 e. The van der Waals surface area contributed by atoms with Crippen LogP contribution in [0.2, 0.25) is 0 Å². The van der Waals surface area contributed by atoms with Crippen LogP contribution in [-0.4, -0.2) is 19.8 Å². The quantitative estimate of drug-likeness (QED) is 0.829. The first-order valence-electron chi connectivity index (χ1n) is 8.50. The summed E-state index contributed by atoms with van der Waals surface area (Å²) >= 11 is 0. The molecule has 2 nitrogen and oxygen atoms in total. The molecule has 2 unspecified atom stereocenters. The van der Waals surface area contributed by atoms with Gasteiger partial charge in [-0.05, 0) is 50.3 Å². The van der Waals surface area contributed by atoms with Gasteiger partial charge in [0.1, 0.15) is 0 Å². The first kappa shape index (κ1) is 16.5. The predicted octanol–water partition coefficient (Wildman–Crippen LogP) is 4.55. The molecule has 1 aliphatic carbocycles. The highest BCUT2D eigenvalue weighted by molar-refractivity contribution is 5.34. The number of hydrogen-bond donors (Lipinski definition) is 1. The fourth-order valence-electron chi connectivity index (χ4n) is 3.78. The number of likely N-dealkylation sites (N-methyl/N-ethyl adjacent to an activating group) is 1. The summed E-state index contributed by atoms with van der Waals surface area (Å²) in [5.41, 5.74) is 4.11. The maximum Gasteiger partial charge on any atom is 0.0794 e. The molecular formula is C19H31NO. The summed E-state index contributed by atoms with van der Waals surface area (Å²) in [5, 5.41) is 3.69. The molecule has 0 saturated heterocycles. The van der Waals surface area contributed by atoms with E-state index in [1.807, 2.05) is 7.11 Å². The minimum Gasteiger partial charge on any atom is -0.379 e. The number of aryl methyl sites for hydroxylation is 2. The summed E-state index contributed by atoms with van der Waals surface area (Å²) in [6.07, 6.45) is 7.01. The predicted molar refractivity (Wildman–Crippen MR) is 89.7 cm³/mol. The molecule has 2 rings (SSSR count). The molecule has 0 radical (unpaired) electrons. The molecule has 0 aliphatic heterocycles. The Bertz CT molecular complexity index is 437. The van der Waals surface area contributed by atoms with E-state index in [4.69, 9.17) is 4.74 Å². The zero-order valence-corrected chi connectivity index (χ0v) is 14.1. The second kappa shape index (κ2) is 7.95. The molecule has 0 heterocycles. The lowest BCUT2D eigenvalue weighted by atomic mass is 9.80. The largest absolute Gasteiger partial charge is 0.379 e. The van der Waals surface area contributed by atoms with E-state index < -0.39 is 0 Å². The molecular weight excluding hydrogens is 258 g/mol. The van der Waals surface area contributed by atoms with E-state index in [2.05, 4.69) is 44.3 Å². The SMILES string of the molecule is CCNC(c1cc(C)ccc1C)C(OC)C1CCCCC1. The number of methoxy groups -OCH3 is 1. The van der Waals surface area contributed by atoms with E-state index in [0.717, 1.165) is 6.54 Å². The van der Waals surface area contributed by atoms with Gasteiger partial charge in [0.15, 0.2) is 0 Å². The highest BCUT2D eigenvalue weighted by atomic mass is 16.5. The van der Waals surface area contributed by atoms with Crippen molar-refractivity contribution in [1.82, 2.24) is 5.32 Å². The number of ether oxygens (including phenoxy) is 1. The third-order valence-corrected chi connectivity index (χ3v) is 4.91. The van der Waals surface area contributed by atoms with Gasteiger partial charge in [0.05, 0.1) is 12.1 Å². The van der Waals surface area contributed by atoms with Crippen molar-refractivity contribution in [2.24, 2.45) is 5.92 Å². The van der Waals surface area contributed by atoms with Gasteiger partial charge in [0.2, 0.25) is 0 Å². The Labute approximate surface area is 130 Å². The first-order valence-corrected chi connectivity index (χ1v) is 8.50. The van der Waals surface area contributed by atoms with Crippen molar-refractivity contribution in [3.05, 3.63) is 34.9 Å². The van der Waals surface area contributed by atoms with Gasteiger partial charge in [-0.15, -0.1) is 0 Å². The normalized spacial score (nSPS) is 19.4. The van der Waals surface area contributed by atoms with Gasteiger partial charge in [0, 0.05) is 7.11 Å². The molecule has 21 heavy (non-hydrogen) atoms. The lowest BCUT2D eigenvalue weighted by Gasteiger charge is -2.36. The molecule has 1 N–H and O–H groups in total. The summed E-state index contributed by atoms with van der Waals surface area (Å²) in [6.45, 7) is 7.55. The second-order valence-corrected chi connectivity index (χ2v) is 6.49. The van der Waals surface area contributed by atoms with E-state index >= 15 is 0 Å². The summed E-state index contributed by atoms with van der Waals surface area (Å²) in [4.78, 5) is 0. The molecule has 2 heteroatoms. The van der Waals surface area contributed by atoms with E-state index in [0.29, 0.717) is 12.0 Å². The Morgan fingerprint density at radius 3 is 2.52 bits per heavy atom. The summed E-state index contributed by atoms with van der Waals surface area (Å²) in [7, 11) is 1.88. The molecule has 1 aromatic carbocycles. The van der Waals surface area contributed by atoms with Gasteiger partial charge in [-0.1, -0.05) is 49.9 Å². The molecule has 0 spiro atoms. The third kappa shape index (κ3) is 4.08. The van der Waals surface area contributed by atoms with Crippen molar-refractivity contribution in [3.8, 4) is 0 Å². The number of nitrogens with one attached hydrogen (secondary N) is 1. The van der Waals surface area contributed by atoms with Crippen LogP contribution in [0.3, 0.4) is 0 Å². The van der Waals surface area contributed by atoms with Crippen LogP contribution in [0.25, 0.3) is 0 Å². The van der Waals surface area contributed by atoms with Gasteiger partial charge in [-0.25, -0.2) is 0 Å². The molecule has 0 bridgehead atoms. The van der Waals surface area contributed by atoms with E-state index in [1.165, 1.54) is 48.8 Å².